The zero-order valence-corrected chi connectivity index (χ0v) is 89.6. The highest BCUT2D eigenvalue weighted by atomic mass is 32.2. The number of ether oxygens (including phenoxy) is 1. The maximum absolute atomic E-state index is 11.2. The first-order valence-electron chi connectivity index (χ1n) is 46.4. The SMILES string of the molecule is CC(=O)N1CCN(C(C)C)CC1.CC(C)CC1CCN(S(C)(=O)=O)C1.CC(C)N1CC(S(C)(=O)=O)C1.CC(C)N1CCC(S(C)(=O)=O)C1.CC(C)N1CCC(S(C)(=O)=O)CC1.CC(C)N1CCC[C@H]1C(N)=O.CC(C)N1CCN(S(C)(=O)=O)CC1.CC(C)N1CCOCC1.CC(C)N1CCS(=O)(=O)CC1.CC(C)N1CCSCC1.CC(C)NC1CCS(=O)(=O)C1. The minimum atomic E-state index is -2.97. The molecule has 11 fully saturated rings. The van der Waals surface area contributed by atoms with Crippen molar-refractivity contribution in [1.29, 1.82) is 0 Å². The molecule has 11 aliphatic heterocycles. The molecule has 11 rings (SSSR count). The lowest BCUT2D eigenvalue weighted by atomic mass is 9.97. The predicted molar refractivity (Wildman–Crippen MR) is 522 cm³/mol. The third-order valence-electron chi connectivity index (χ3n) is 24.8. The normalized spacial score (nSPS) is 24.3. The van der Waals surface area contributed by atoms with E-state index in [1.54, 1.807) is 15.5 Å². The van der Waals surface area contributed by atoms with Gasteiger partial charge in [-0.15, -0.1) is 0 Å². The predicted octanol–water partition coefficient (Wildman–Crippen LogP) is 6.20. The van der Waals surface area contributed by atoms with E-state index in [0.717, 1.165) is 182 Å². The van der Waals surface area contributed by atoms with Crippen molar-refractivity contribution in [3.8, 4) is 0 Å². The molecule has 0 radical (unpaired) electrons. The Bertz CT molecular complexity index is 3660. The van der Waals surface area contributed by atoms with Crippen LogP contribution in [0.5, 0.6) is 0 Å². The number of hydrogen-bond acceptors (Lipinski definition) is 28. The van der Waals surface area contributed by atoms with E-state index < -0.39 is 69.2 Å². The molecule has 0 aliphatic carbocycles. The zero-order chi connectivity index (χ0) is 96.1. The lowest BCUT2D eigenvalue weighted by molar-refractivity contribution is -0.130. The van der Waals surface area contributed by atoms with Crippen molar-refractivity contribution in [2.75, 3.05) is 230 Å². The molecule has 31 nitrogen and oxygen atoms in total. The number of nitrogens with two attached hydrogens (primary N) is 1. The number of thioether (sulfide) groups is 1. The molecule has 125 heavy (non-hydrogen) atoms. The minimum Gasteiger partial charge on any atom is -0.379 e. The number of piperidine rings is 1. The van der Waals surface area contributed by atoms with E-state index >= 15 is 0 Å². The van der Waals surface area contributed by atoms with Gasteiger partial charge in [0.15, 0.2) is 39.3 Å². The molecule has 0 saturated carbocycles. The smallest absolute Gasteiger partial charge is 0.234 e. The molecular weight excluding hydrogens is 1760 g/mol. The Labute approximate surface area is 769 Å². The molecule has 11 heterocycles. The van der Waals surface area contributed by atoms with Gasteiger partial charge in [-0.25, -0.2) is 63.2 Å². The molecule has 0 aromatic heterocycles. The molecule has 0 aromatic carbocycles. The van der Waals surface area contributed by atoms with Crippen molar-refractivity contribution in [3.63, 3.8) is 0 Å². The molecule has 4 atom stereocenters. The molecule has 0 spiro atoms. The summed E-state index contributed by atoms with van der Waals surface area (Å²) >= 11 is 2.07. The quantitative estimate of drug-likeness (QED) is 0.145. The molecule has 3 unspecified atom stereocenters. The third kappa shape index (κ3) is 51.6. The van der Waals surface area contributed by atoms with Crippen LogP contribution in [-0.4, -0.2) is 446 Å². The van der Waals surface area contributed by atoms with E-state index in [1.165, 1.54) is 55.9 Å². The second-order valence-electron chi connectivity index (χ2n) is 38.9. The Balaban J connectivity index is 0.000000689. The highest BCUT2D eigenvalue weighted by Crippen LogP contribution is 2.26. The number of sulfonamides is 2. The maximum Gasteiger partial charge on any atom is 0.234 e. The van der Waals surface area contributed by atoms with Crippen LogP contribution in [0.4, 0.5) is 0 Å². The summed E-state index contributed by atoms with van der Waals surface area (Å²) in [7, 11) is -19.7. The summed E-state index contributed by atoms with van der Waals surface area (Å²) in [4.78, 5) is 44.5. The molecule has 0 aromatic rings. The van der Waals surface area contributed by atoms with E-state index in [-0.39, 0.29) is 39.6 Å². The number of morpholine rings is 1. The fraction of sp³-hybridized carbons (Fsp3) is 0.977. The molecular formula is C86H182N14O17S8. The van der Waals surface area contributed by atoms with Gasteiger partial charge in [-0.1, -0.05) is 27.7 Å². The molecule has 39 heteroatoms. The van der Waals surface area contributed by atoms with Crippen LogP contribution in [0, 0.1) is 11.8 Å². The third-order valence-corrected chi connectivity index (χ3v) is 36.4. The number of piperazine rings is 2. The van der Waals surface area contributed by atoms with Crippen LogP contribution >= 0.6 is 11.8 Å². The molecule has 0 bridgehead atoms. The highest BCUT2D eigenvalue weighted by molar-refractivity contribution is 7.99. The minimum absolute atomic E-state index is 0.00463. The average molecular weight is 1940 g/mol. The second-order valence-corrected chi connectivity index (χ2v) is 55.6. The van der Waals surface area contributed by atoms with Crippen LogP contribution in [0.3, 0.4) is 0 Å². The second kappa shape index (κ2) is 58.7. The van der Waals surface area contributed by atoms with Gasteiger partial charge < -0.3 is 25.6 Å². The first kappa shape index (κ1) is 121. The standard InChI is InChI=1S/C9H18N2O.2C9H19NO2S.C8H18N2O2S.C8H16N2O.C8H17NO2S.3C7H15NO2S.C7H15NO.C7H15NS/c1-8(2)10-4-6-11(7-5-10)9(3)12;1-8(2)10-6-4-9(5-7-10)13(3,11)12;1-8(2)6-9-4-5-10(7-9)13(3,11)12;1-8(2)9-4-6-10(7-5-9)13(3,11)12;1-6(2)10-5-3-4-7(10)8(9)11;1-7(2)9-5-4-8(6-9)12(3,10)11;1-6(2)8-4-7(5-8)11(3,9)10;1-7(2)8-3-5-11(9,10)6-4-8;1-6(2)8-7-3-4-11(9,10)5-7;2*1-7(2)8-3-5-9-6-4-8/h8H,4-7H2,1-3H3;2*8-9H,4-7H2,1-3H3;8H,4-7H2,1-3H3;6-7H,3-5H2,1-2H3,(H2,9,11);7-8H,4-6H2,1-3H3;6-7H,4-5H2,1-3H3;7H,3-6H2,1-2H3;6-8H,3-5H2,1-2H3;2*7H,3-6H2,1-2H3/t;;;;7-;;;;;;/m....0....../s1. The van der Waals surface area contributed by atoms with Crippen molar-refractivity contribution in [3.05, 3.63) is 0 Å². The van der Waals surface area contributed by atoms with Crippen molar-refractivity contribution < 1.29 is 73.3 Å². The van der Waals surface area contributed by atoms with Gasteiger partial charge in [-0.2, -0.15) is 16.1 Å². The van der Waals surface area contributed by atoms with Gasteiger partial charge in [0.1, 0.15) is 9.84 Å². The van der Waals surface area contributed by atoms with E-state index in [0.29, 0.717) is 115 Å². The van der Waals surface area contributed by atoms with E-state index in [2.05, 4.69) is 200 Å². The van der Waals surface area contributed by atoms with Gasteiger partial charge in [-0.3, -0.25) is 48.8 Å². The van der Waals surface area contributed by atoms with Crippen molar-refractivity contribution >= 4 is 92.8 Å². The molecule has 11 saturated heterocycles. The van der Waals surface area contributed by atoms with Gasteiger partial charge in [-0.05, 0) is 214 Å². The Morgan fingerprint density at radius 3 is 1.10 bits per heavy atom. The summed E-state index contributed by atoms with van der Waals surface area (Å²) in [6.07, 6.45) is 14.0. The zero-order valence-electron chi connectivity index (χ0n) is 83.0. The summed E-state index contributed by atoms with van der Waals surface area (Å²) in [5.41, 5.74) is 5.25. The summed E-state index contributed by atoms with van der Waals surface area (Å²) in [5, 5.41) is 2.89. The number of primary amides is 1. The summed E-state index contributed by atoms with van der Waals surface area (Å²) in [6.45, 7) is 71.1. The summed E-state index contributed by atoms with van der Waals surface area (Å²) < 4.78 is 164. The Hall–Kier alpha value is -1.58. The van der Waals surface area contributed by atoms with Gasteiger partial charge in [0, 0.05) is 228 Å². The number of hydrogen-bond donors (Lipinski definition) is 2. The monoisotopic (exact) mass is 1940 g/mol. The lowest BCUT2D eigenvalue weighted by Gasteiger charge is -2.40. The van der Waals surface area contributed by atoms with Crippen LogP contribution in [0.15, 0.2) is 0 Å². The fourth-order valence-corrected chi connectivity index (χ4v) is 24.7. The first-order chi connectivity index (χ1) is 57.4. The molecule has 2 amide bonds. The molecule has 3 N–H and O–H groups in total. The van der Waals surface area contributed by atoms with Gasteiger partial charge >= 0.3 is 0 Å². The molecule has 11 aliphatic rings. The number of amides is 2. The van der Waals surface area contributed by atoms with Crippen LogP contribution in [-0.2, 0) is 83.6 Å². The maximum atomic E-state index is 11.2. The highest BCUT2D eigenvalue weighted by Gasteiger charge is 2.37. The van der Waals surface area contributed by atoms with Gasteiger partial charge in [0.25, 0.3) is 0 Å². The number of nitrogens with zero attached hydrogens (tertiary/aromatic N) is 12. The Morgan fingerprint density at radius 2 is 0.776 bits per heavy atom. The van der Waals surface area contributed by atoms with Crippen molar-refractivity contribution in [2.45, 2.75) is 299 Å². The summed E-state index contributed by atoms with van der Waals surface area (Å²) in [6, 6.07) is 5.55. The molecule has 746 valence electrons. The number of rotatable bonds is 19. The van der Waals surface area contributed by atoms with Gasteiger partial charge in [0.2, 0.25) is 31.9 Å². The van der Waals surface area contributed by atoms with Crippen LogP contribution in [0.1, 0.15) is 211 Å². The van der Waals surface area contributed by atoms with Crippen LogP contribution in [0.2, 0.25) is 0 Å². The number of sulfone groups is 5. The topological polar surface area (TPSA) is 359 Å². The van der Waals surface area contributed by atoms with Crippen LogP contribution < -0.4 is 11.1 Å². The fourth-order valence-electron chi connectivity index (χ4n) is 16.2. The van der Waals surface area contributed by atoms with E-state index in [1.807, 2.05) is 18.7 Å². The Kier molecular flexibility index (Phi) is 57.0. The van der Waals surface area contributed by atoms with Crippen LogP contribution in [0.25, 0.3) is 0 Å². The number of carbonyl (C=O) groups is 2. The number of nitrogens with one attached hydrogen (secondary N) is 1. The van der Waals surface area contributed by atoms with E-state index in [9.17, 15) is 68.5 Å². The van der Waals surface area contributed by atoms with Gasteiger partial charge in [0.05, 0.1) is 70.5 Å². The largest absolute Gasteiger partial charge is 0.379 e. The Morgan fingerprint density at radius 1 is 0.392 bits per heavy atom. The first-order valence-corrected chi connectivity index (χ1v) is 60.8. The number of likely N-dealkylation sites (tertiary alicyclic amines) is 4. The lowest BCUT2D eigenvalue weighted by Crippen LogP contribution is -2.56. The van der Waals surface area contributed by atoms with Crippen molar-refractivity contribution in [1.82, 2.24) is 62.9 Å². The summed E-state index contributed by atoms with van der Waals surface area (Å²) in [5.74, 6) is 5.31. The van der Waals surface area contributed by atoms with Crippen molar-refractivity contribution in [2.24, 2.45) is 17.6 Å². The number of carbonyl (C=O) groups excluding carboxylic acids is 2. The van der Waals surface area contributed by atoms with E-state index in [4.69, 9.17) is 10.5 Å². The average Bonchev–Trinajstić information content (AvgIpc) is 1.53.